The Morgan fingerprint density at radius 3 is 2.21 bits per heavy atom. The van der Waals surface area contributed by atoms with Crippen LogP contribution in [0.1, 0.15) is 31.9 Å². The molecule has 2 aromatic carbocycles. The Balaban J connectivity index is 2.30. The van der Waals surface area contributed by atoms with Gasteiger partial charge in [0.1, 0.15) is 6.04 Å². The molecular weight excluding hydrogens is 454 g/mol. The van der Waals surface area contributed by atoms with Crippen LogP contribution in [0.15, 0.2) is 36.4 Å². The van der Waals surface area contributed by atoms with Crippen molar-refractivity contribution in [3.63, 3.8) is 0 Å². The third-order valence-electron chi connectivity index (χ3n) is 4.29. The monoisotopic (exact) mass is 474 g/mol. The number of benzene rings is 2. The van der Waals surface area contributed by atoms with E-state index >= 15 is 0 Å². The molecule has 156 valence electrons. The molecule has 0 heterocycles. The zero-order valence-electron chi connectivity index (χ0n) is 16.3. The van der Waals surface area contributed by atoms with Crippen molar-refractivity contribution in [2.45, 2.75) is 45.8 Å². The van der Waals surface area contributed by atoms with Crippen LogP contribution < -0.4 is 5.32 Å². The Labute approximate surface area is 191 Å². The van der Waals surface area contributed by atoms with E-state index in [0.29, 0.717) is 31.2 Å². The summed E-state index contributed by atoms with van der Waals surface area (Å²) in [5, 5.41) is 4.56. The van der Waals surface area contributed by atoms with Crippen molar-refractivity contribution in [1.29, 1.82) is 0 Å². The van der Waals surface area contributed by atoms with E-state index in [1.54, 1.807) is 43.3 Å². The number of carbonyl (C=O) groups excluding carboxylic acids is 2. The smallest absolute Gasteiger partial charge is 0.242 e. The quantitative estimate of drug-likeness (QED) is 0.551. The summed E-state index contributed by atoms with van der Waals surface area (Å²) in [5.74, 6) is -0.478. The molecule has 0 aromatic heterocycles. The van der Waals surface area contributed by atoms with Gasteiger partial charge in [0.2, 0.25) is 11.8 Å². The van der Waals surface area contributed by atoms with Crippen LogP contribution in [0.4, 0.5) is 0 Å². The summed E-state index contributed by atoms with van der Waals surface area (Å²) in [7, 11) is 0. The average molecular weight is 476 g/mol. The first-order valence-electron chi connectivity index (χ1n) is 9.06. The molecule has 0 saturated heterocycles. The predicted octanol–water partition coefficient (Wildman–Crippen LogP) is 5.78. The SMILES string of the molecule is CC(C)NC(=O)[C@H](C)N(Cc1ccc(Cl)cc1Cl)C(=O)Cc1ccc(Cl)c(Cl)c1. The molecule has 4 nitrogen and oxygen atoms in total. The summed E-state index contributed by atoms with van der Waals surface area (Å²) in [4.78, 5) is 27.2. The normalized spacial score (nSPS) is 12.0. The minimum absolute atomic E-state index is 0.0453. The fourth-order valence-corrected chi connectivity index (χ4v) is 3.54. The van der Waals surface area contributed by atoms with E-state index in [1.807, 2.05) is 13.8 Å². The van der Waals surface area contributed by atoms with Gasteiger partial charge in [-0.3, -0.25) is 9.59 Å². The molecule has 0 bridgehead atoms. The van der Waals surface area contributed by atoms with Crippen LogP contribution in [-0.2, 0) is 22.6 Å². The first kappa shape index (κ1) is 23.8. The van der Waals surface area contributed by atoms with Crippen LogP contribution in [0.5, 0.6) is 0 Å². The van der Waals surface area contributed by atoms with E-state index in [2.05, 4.69) is 5.32 Å². The summed E-state index contributed by atoms with van der Waals surface area (Å²) in [5.41, 5.74) is 1.40. The number of hydrogen-bond donors (Lipinski definition) is 1. The van der Waals surface area contributed by atoms with E-state index in [0.717, 1.165) is 0 Å². The van der Waals surface area contributed by atoms with E-state index in [4.69, 9.17) is 46.4 Å². The molecule has 0 saturated carbocycles. The third-order valence-corrected chi connectivity index (χ3v) is 5.62. The number of rotatable bonds is 7. The van der Waals surface area contributed by atoms with E-state index in [1.165, 1.54) is 4.90 Å². The Morgan fingerprint density at radius 2 is 1.62 bits per heavy atom. The zero-order chi connectivity index (χ0) is 21.7. The van der Waals surface area contributed by atoms with Crippen molar-refractivity contribution < 1.29 is 9.59 Å². The highest BCUT2D eigenvalue weighted by molar-refractivity contribution is 6.42. The van der Waals surface area contributed by atoms with Crippen LogP contribution in [0.25, 0.3) is 0 Å². The maximum absolute atomic E-state index is 13.1. The second kappa shape index (κ2) is 10.5. The summed E-state index contributed by atoms with van der Waals surface area (Å²) in [6, 6.07) is 9.34. The highest BCUT2D eigenvalue weighted by atomic mass is 35.5. The lowest BCUT2D eigenvalue weighted by Crippen LogP contribution is -2.49. The van der Waals surface area contributed by atoms with Gasteiger partial charge in [0.05, 0.1) is 16.5 Å². The van der Waals surface area contributed by atoms with Gasteiger partial charge in [-0.05, 0) is 56.2 Å². The molecule has 0 radical (unpaired) electrons. The number of nitrogens with zero attached hydrogens (tertiary/aromatic N) is 1. The van der Waals surface area contributed by atoms with Gasteiger partial charge in [-0.15, -0.1) is 0 Å². The average Bonchev–Trinajstić information content (AvgIpc) is 2.63. The Hall–Kier alpha value is -1.46. The van der Waals surface area contributed by atoms with Crippen LogP contribution in [0.2, 0.25) is 20.1 Å². The fourth-order valence-electron chi connectivity index (χ4n) is 2.75. The summed E-state index contributed by atoms with van der Waals surface area (Å²) in [6.45, 7) is 5.59. The molecule has 0 aliphatic rings. The second-order valence-electron chi connectivity index (χ2n) is 7.02. The van der Waals surface area contributed by atoms with Gasteiger partial charge < -0.3 is 10.2 Å². The number of hydrogen-bond acceptors (Lipinski definition) is 2. The first-order chi connectivity index (χ1) is 13.6. The van der Waals surface area contributed by atoms with Gasteiger partial charge >= 0.3 is 0 Å². The second-order valence-corrected chi connectivity index (χ2v) is 8.68. The van der Waals surface area contributed by atoms with Gasteiger partial charge in [-0.1, -0.05) is 58.5 Å². The minimum Gasteiger partial charge on any atom is -0.352 e. The summed E-state index contributed by atoms with van der Waals surface area (Å²) < 4.78 is 0. The number of amides is 2. The Bertz CT molecular complexity index is 902. The topological polar surface area (TPSA) is 49.4 Å². The number of halogens is 4. The molecule has 2 rings (SSSR count). The van der Waals surface area contributed by atoms with Gasteiger partial charge in [-0.25, -0.2) is 0 Å². The van der Waals surface area contributed by atoms with Crippen LogP contribution in [0.3, 0.4) is 0 Å². The lowest BCUT2D eigenvalue weighted by atomic mass is 10.1. The number of carbonyl (C=O) groups is 2. The molecular formula is C21H22Cl4N2O2. The predicted molar refractivity (Wildman–Crippen MR) is 120 cm³/mol. The molecule has 8 heteroatoms. The maximum atomic E-state index is 13.1. The lowest BCUT2D eigenvalue weighted by Gasteiger charge is -2.30. The van der Waals surface area contributed by atoms with E-state index in [-0.39, 0.29) is 30.8 Å². The Kier molecular flexibility index (Phi) is 8.65. The van der Waals surface area contributed by atoms with Gasteiger partial charge in [0.25, 0.3) is 0 Å². The summed E-state index contributed by atoms with van der Waals surface area (Å²) in [6.07, 6.45) is 0.0708. The first-order valence-corrected chi connectivity index (χ1v) is 10.6. The highest BCUT2D eigenvalue weighted by Gasteiger charge is 2.27. The molecule has 1 atom stereocenters. The maximum Gasteiger partial charge on any atom is 0.242 e. The molecule has 2 aromatic rings. The molecule has 1 N–H and O–H groups in total. The number of nitrogens with one attached hydrogen (secondary N) is 1. The van der Waals surface area contributed by atoms with Crippen LogP contribution in [-0.4, -0.2) is 28.8 Å². The van der Waals surface area contributed by atoms with E-state index < -0.39 is 6.04 Å². The van der Waals surface area contributed by atoms with Crippen LogP contribution >= 0.6 is 46.4 Å². The lowest BCUT2D eigenvalue weighted by molar-refractivity contribution is -0.140. The van der Waals surface area contributed by atoms with E-state index in [9.17, 15) is 9.59 Å². The largest absolute Gasteiger partial charge is 0.352 e. The van der Waals surface area contributed by atoms with Crippen LogP contribution in [0, 0.1) is 0 Å². The molecule has 0 unspecified atom stereocenters. The van der Waals surface area contributed by atoms with Gasteiger partial charge in [0.15, 0.2) is 0 Å². The fraction of sp³-hybridized carbons (Fsp3) is 0.333. The van der Waals surface area contributed by atoms with Gasteiger partial charge in [-0.2, -0.15) is 0 Å². The zero-order valence-corrected chi connectivity index (χ0v) is 19.3. The molecule has 2 amide bonds. The molecule has 0 aliphatic carbocycles. The molecule has 0 spiro atoms. The molecule has 0 fully saturated rings. The summed E-state index contributed by atoms with van der Waals surface area (Å²) >= 11 is 24.3. The molecule has 0 aliphatic heterocycles. The van der Waals surface area contributed by atoms with Crippen molar-refractivity contribution in [1.82, 2.24) is 10.2 Å². The Morgan fingerprint density at radius 1 is 0.931 bits per heavy atom. The minimum atomic E-state index is -0.695. The highest BCUT2D eigenvalue weighted by Crippen LogP contribution is 2.25. The van der Waals surface area contributed by atoms with Crippen molar-refractivity contribution in [2.75, 3.05) is 0 Å². The third kappa shape index (κ3) is 6.78. The van der Waals surface area contributed by atoms with Crippen molar-refractivity contribution in [2.24, 2.45) is 0 Å². The van der Waals surface area contributed by atoms with Crippen molar-refractivity contribution in [3.05, 3.63) is 67.6 Å². The van der Waals surface area contributed by atoms with Crippen molar-refractivity contribution in [3.8, 4) is 0 Å². The van der Waals surface area contributed by atoms with Crippen molar-refractivity contribution >= 4 is 58.2 Å². The van der Waals surface area contributed by atoms with Gasteiger partial charge in [0, 0.05) is 22.6 Å². The molecule has 29 heavy (non-hydrogen) atoms. The standard InChI is InChI=1S/C21H22Cl4N2O2/c1-12(2)26-21(29)13(3)27(11-15-5-6-16(22)10-18(15)24)20(28)9-14-4-7-17(23)19(25)8-14/h4-8,10,12-13H,9,11H2,1-3H3,(H,26,29)/t13-/m0/s1.